The number of Topliss-reactive ketones (excluding diaryl/α,β-unsaturated/α-hetero) is 1. The molecule has 1 heterocycles. The topological polar surface area (TPSA) is 56.0 Å². The maximum absolute atomic E-state index is 11.9. The van der Waals surface area contributed by atoms with E-state index < -0.39 is 0 Å². The van der Waals surface area contributed by atoms with Crippen molar-refractivity contribution in [2.45, 2.75) is 12.8 Å². The van der Waals surface area contributed by atoms with Crippen molar-refractivity contribution >= 4 is 17.1 Å². The fourth-order valence-electron chi connectivity index (χ4n) is 1.60. The molecule has 4 heteroatoms. The van der Waals surface area contributed by atoms with Crippen molar-refractivity contribution in [1.29, 1.82) is 0 Å². The third-order valence-corrected chi connectivity index (χ3v) is 3.28. The predicted molar refractivity (Wildman–Crippen MR) is 69.3 cm³/mol. The molecule has 0 saturated heterocycles. The van der Waals surface area contributed by atoms with Crippen LogP contribution in [0, 0.1) is 0 Å². The molecule has 0 aliphatic heterocycles. The Morgan fingerprint density at radius 3 is 2.65 bits per heavy atom. The van der Waals surface area contributed by atoms with Gasteiger partial charge < -0.3 is 5.73 Å². The first kappa shape index (κ1) is 12.0. The minimum absolute atomic E-state index is 0.110. The van der Waals surface area contributed by atoms with Crippen LogP contribution in [0.15, 0.2) is 35.8 Å². The van der Waals surface area contributed by atoms with Crippen molar-refractivity contribution in [3.05, 3.63) is 52.0 Å². The molecule has 0 bridgehead atoms. The number of hydrogen-bond acceptors (Lipinski definition) is 4. The maximum atomic E-state index is 11.9. The number of hydrogen-bond donors (Lipinski definition) is 1. The van der Waals surface area contributed by atoms with E-state index in [0.717, 1.165) is 17.0 Å². The average molecular weight is 246 g/mol. The number of aromatic nitrogens is 1. The minimum atomic E-state index is 0.110. The maximum Gasteiger partial charge on any atom is 0.169 e. The smallest absolute Gasteiger partial charge is 0.169 e. The van der Waals surface area contributed by atoms with Crippen LogP contribution in [0.4, 0.5) is 0 Å². The van der Waals surface area contributed by atoms with Crippen LogP contribution in [-0.2, 0) is 12.8 Å². The van der Waals surface area contributed by atoms with E-state index in [4.69, 9.17) is 5.73 Å². The number of carbonyl (C=O) groups excluding carboxylic acids is 1. The van der Waals surface area contributed by atoms with Gasteiger partial charge in [-0.25, -0.2) is 4.98 Å². The van der Waals surface area contributed by atoms with Gasteiger partial charge in [-0.15, -0.1) is 11.3 Å². The van der Waals surface area contributed by atoms with E-state index in [9.17, 15) is 4.79 Å². The van der Waals surface area contributed by atoms with Crippen molar-refractivity contribution < 1.29 is 4.79 Å². The molecule has 2 N–H and O–H groups in total. The van der Waals surface area contributed by atoms with Gasteiger partial charge in [0.25, 0.3) is 0 Å². The molecule has 3 nitrogen and oxygen atoms in total. The zero-order valence-corrected chi connectivity index (χ0v) is 10.2. The number of thiazole rings is 1. The summed E-state index contributed by atoms with van der Waals surface area (Å²) in [6.07, 6.45) is 2.95. The highest BCUT2D eigenvalue weighted by Crippen LogP contribution is 2.11. The van der Waals surface area contributed by atoms with E-state index in [1.165, 1.54) is 16.9 Å². The van der Waals surface area contributed by atoms with E-state index in [1.807, 2.05) is 29.6 Å². The van der Waals surface area contributed by atoms with Gasteiger partial charge in [-0.05, 0) is 18.5 Å². The molecule has 2 rings (SSSR count). The fourth-order valence-corrected chi connectivity index (χ4v) is 2.22. The molecule has 0 atom stereocenters. The Hall–Kier alpha value is -1.52. The first-order valence-electron chi connectivity index (χ1n) is 5.50. The van der Waals surface area contributed by atoms with Gasteiger partial charge in [-0.3, -0.25) is 4.79 Å². The summed E-state index contributed by atoms with van der Waals surface area (Å²) in [6, 6.07) is 7.64. The second kappa shape index (κ2) is 5.70. The van der Waals surface area contributed by atoms with Gasteiger partial charge in [0.2, 0.25) is 0 Å². The highest BCUT2D eigenvalue weighted by Gasteiger charge is 2.08. The van der Waals surface area contributed by atoms with Crippen molar-refractivity contribution in [3.8, 4) is 0 Å². The molecule has 0 aliphatic carbocycles. The summed E-state index contributed by atoms with van der Waals surface area (Å²) in [7, 11) is 0. The lowest BCUT2D eigenvalue weighted by atomic mass is 10.0. The molecule has 0 radical (unpaired) electrons. The van der Waals surface area contributed by atoms with Gasteiger partial charge in [-0.1, -0.05) is 24.3 Å². The molecular formula is C13H14N2OS. The zero-order chi connectivity index (χ0) is 12.1. The van der Waals surface area contributed by atoms with E-state index in [1.54, 1.807) is 6.20 Å². The van der Waals surface area contributed by atoms with Crippen LogP contribution in [0.1, 0.15) is 20.9 Å². The molecular weight excluding hydrogens is 232 g/mol. The summed E-state index contributed by atoms with van der Waals surface area (Å²) in [4.78, 5) is 16.0. The van der Waals surface area contributed by atoms with Gasteiger partial charge in [-0.2, -0.15) is 0 Å². The molecule has 0 aliphatic rings. The number of benzene rings is 1. The average Bonchev–Trinajstić information content (AvgIpc) is 2.83. The molecule has 0 fully saturated rings. The number of carbonyl (C=O) groups is 1. The molecule has 0 saturated carbocycles. The highest BCUT2D eigenvalue weighted by molar-refractivity contribution is 7.09. The summed E-state index contributed by atoms with van der Waals surface area (Å²) in [6.45, 7) is 0.631. The lowest BCUT2D eigenvalue weighted by Crippen LogP contribution is -2.05. The molecule has 17 heavy (non-hydrogen) atoms. The van der Waals surface area contributed by atoms with Crippen molar-refractivity contribution in [2.75, 3.05) is 6.54 Å². The molecule has 2 aromatic rings. The van der Waals surface area contributed by atoms with Gasteiger partial charge in [0, 0.05) is 17.1 Å². The largest absolute Gasteiger partial charge is 0.330 e. The molecule has 1 aromatic carbocycles. The normalized spacial score (nSPS) is 10.4. The minimum Gasteiger partial charge on any atom is -0.330 e. The third kappa shape index (κ3) is 3.22. The van der Waals surface area contributed by atoms with E-state index >= 15 is 0 Å². The molecule has 0 amide bonds. The summed E-state index contributed by atoms with van der Waals surface area (Å²) >= 11 is 1.51. The SMILES string of the molecule is NCCc1ccc(C(=O)Cc2nccs2)cc1. The van der Waals surface area contributed by atoms with Crippen molar-refractivity contribution in [1.82, 2.24) is 4.98 Å². The summed E-state index contributed by atoms with van der Waals surface area (Å²) in [5.74, 6) is 0.110. The Kier molecular flexibility index (Phi) is 4.01. The Labute approximate surface area is 104 Å². The molecule has 0 unspecified atom stereocenters. The molecule has 0 spiro atoms. The van der Waals surface area contributed by atoms with Crippen LogP contribution in [-0.4, -0.2) is 17.3 Å². The number of rotatable bonds is 5. The Balaban J connectivity index is 2.04. The fraction of sp³-hybridized carbons (Fsp3) is 0.231. The van der Waals surface area contributed by atoms with E-state index in [0.29, 0.717) is 13.0 Å². The molecule has 1 aromatic heterocycles. The highest BCUT2D eigenvalue weighted by atomic mass is 32.1. The monoisotopic (exact) mass is 246 g/mol. The van der Waals surface area contributed by atoms with Crippen LogP contribution in [0.5, 0.6) is 0 Å². The zero-order valence-electron chi connectivity index (χ0n) is 9.43. The second-order valence-electron chi connectivity index (χ2n) is 3.76. The van der Waals surface area contributed by atoms with Gasteiger partial charge in [0.05, 0.1) is 6.42 Å². The Morgan fingerprint density at radius 2 is 2.06 bits per heavy atom. The van der Waals surface area contributed by atoms with Crippen LogP contribution in [0.3, 0.4) is 0 Å². The first-order valence-corrected chi connectivity index (χ1v) is 6.38. The lowest BCUT2D eigenvalue weighted by molar-refractivity contribution is 0.0993. The molecule has 88 valence electrons. The van der Waals surface area contributed by atoms with Gasteiger partial charge in [0.1, 0.15) is 5.01 Å². The standard InChI is InChI=1S/C13H14N2OS/c14-6-5-10-1-3-11(4-2-10)12(16)9-13-15-7-8-17-13/h1-4,7-8H,5-6,9,14H2. The van der Waals surface area contributed by atoms with E-state index in [-0.39, 0.29) is 5.78 Å². The van der Waals surface area contributed by atoms with Crippen LogP contribution >= 0.6 is 11.3 Å². The number of nitrogens with two attached hydrogens (primary N) is 1. The van der Waals surface area contributed by atoms with Gasteiger partial charge in [0.15, 0.2) is 5.78 Å². The first-order chi connectivity index (χ1) is 8.29. The summed E-state index contributed by atoms with van der Waals surface area (Å²) < 4.78 is 0. The predicted octanol–water partition coefficient (Wildman–Crippen LogP) is 2.07. The lowest BCUT2D eigenvalue weighted by Gasteiger charge is -2.01. The van der Waals surface area contributed by atoms with Crippen molar-refractivity contribution in [3.63, 3.8) is 0 Å². The van der Waals surface area contributed by atoms with E-state index in [2.05, 4.69) is 4.98 Å². The van der Waals surface area contributed by atoms with Crippen molar-refractivity contribution in [2.24, 2.45) is 5.73 Å². The summed E-state index contributed by atoms with van der Waals surface area (Å²) in [5.41, 5.74) is 7.38. The summed E-state index contributed by atoms with van der Waals surface area (Å²) in [5, 5.41) is 2.74. The third-order valence-electron chi connectivity index (χ3n) is 2.50. The number of ketones is 1. The van der Waals surface area contributed by atoms with Crippen LogP contribution in [0.2, 0.25) is 0 Å². The number of nitrogens with zero attached hydrogens (tertiary/aromatic N) is 1. The Morgan fingerprint density at radius 1 is 1.29 bits per heavy atom. The Bertz CT molecular complexity index is 477. The van der Waals surface area contributed by atoms with Crippen LogP contribution in [0.25, 0.3) is 0 Å². The van der Waals surface area contributed by atoms with Gasteiger partial charge >= 0.3 is 0 Å². The second-order valence-corrected chi connectivity index (χ2v) is 4.74. The quantitative estimate of drug-likeness (QED) is 0.822. The van der Waals surface area contributed by atoms with Crippen LogP contribution < -0.4 is 5.73 Å².